The number of hydrogen-bond donors (Lipinski definition) is 1. The molecule has 6 heteroatoms. The first-order valence-electron chi connectivity index (χ1n) is 5.24. The summed E-state index contributed by atoms with van der Waals surface area (Å²) in [5.41, 5.74) is 0. The highest BCUT2D eigenvalue weighted by Gasteiger charge is 2.24. The molecule has 0 unspecified atom stereocenters. The molecule has 0 spiro atoms. The second-order valence-electron chi connectivity index (χ2n) is 3.96. The summed E-state index contributed by atoms with van der Waals surface area (Å²) in [6.45, 7) is 2.40. The van der Waals surface area contributed by atoms with Crippen LogP contribution >= 0.6 is 0 Å². The maximum absolute atomic E-state index is 12.7. The number of aromatic nitrogens is 2. The summed E-state index contributed by atoms with van der Waals surface area (Å²) >= 11 is 0. The van der Waals surface area contributed by atoms with Gasteiger partial charge in [-0.2, -0.15) is 0 Å². The summed E-state index contributed by atoms with van der Waals surface area (Å²) in [6.07, 6.45) is 2.32. The third kappa shape index (κ3) is 2.28. The normalized spacial score (nSPS) is 22.4. The Morgan fingerprint density at radius 2 is 2.12 bits per heavy atom. The van der Waals surface area contributed by atoms with E-state index in [0.717, 1.165) is 25.5 Å². The molecule has 2 heterocycles. The van der Waals surface area contributed by atoms with Gasteiger partial charge in [0.1, 0.15) is 0 Å². The average molecular weight is 226 g/mol. The Hall–Kier alpha value is -1.27. The van der Waals surface area contributed by atoms with Gasteiger partial charge in [-0.05, 0) is 7.05 Å². The van der Waals surface area contributed by atoms with Gasteiger partial charge in [0.05, 0.1) is 25.0 Å². The van der Waals surface area contributed by atoms with E-state index in [1.807, 2.05) is 11.9 Å². The molecule has 1 aliphatic rings. The van der Waals surface area contributed by atoms with Crippen LogP contribution in [0, 0.1) is 5.82 Å². The smallest absolute Gasteiger partial charge is 0.225 e. The summed E-state index contributed by atoms with van der Waals surface area (Å²) < 4.78 is 12.7. The largest absolute Gasteiger partial charge is 0.395 e. The lowest BCUT2D eigenvalue weighted by Crippen LogP contribution is -2.53. The van der Waals surface area contributed by atoms with Crippen molar-refractivity contribution >= 4 is 5.95 Å². The standard InChI is InChI=1S/C10H15FN4O/c1-14-2-3-15(6-9(14)7-16)10-12-4-8(11)5-13-10/h4-5,9,16H,2-3,6-7H2,1H3/t9-/m0/s1. The molecule has 5 nitrogen and oxygen atoms in total. The Balaban J connectivity index is 2.08. The molecule has 2 rings (SSSR count). The fraction of sp³-hybridized carbons (Fsp3) is 0.600. The molecule has 1 atom stereocenters. The number of aliphatic hydroxyl groups excluding tert-OH is 1. The lowest BCUT2D eigenvalue weighted by molar-refractivity contribution is 0.135. The van der Waals surface area contributed by atoms with E-state index in [1.165, 1.54) is 0 Å². The number of hydrogen-bond acceptors (Lipinski definition) is 5. The summed E-state index contributed by atoms with van der Waals surface area (Å²) in [6, 6.07) is 0.0856. The Bertz CT molecular complexity index is 345. The third-order valence-corrected chi connectivity index (χ3v) is 2.88. The van der Waals surface area contributed by atoms with Gasteiger partial charge in [0.2, 0.25) is 5.95 Å². The van der Waals surface area contributed by atoms with E-state index in [4.69, 9.17) is 0 Å². The summed E-state index contributed by atoms with van der Waals surface area (Å²) in [5.74, 6) is 0.0875. The van der Waals surface area contributed by atoms with Crippen molar-refractivity contribution < 1.29 is 9.50 Å². The number of piperazine rings is 1. The first-order valence-corrected chi connectivity index (χ1v) is 5.24. The minimum atomic E-state index is -0.434. The SMILES string of the molecule is CN1CCN(c2ncc(F)cn2)C[C@H]1CO. The second kappa shape index (κ2) is 4.71. The fourth-order valence-electron chi connectivity index (χ4n) is 1.79. The molecular formula is C10H15FN4O. The van der Waals surface area contributed by atoms with Gasteiger partial charge >= 0.3 is 0 Å². The highest BCUT2D eigenvalue weighted by Crippen LogP contribution is 2.13. The molecule has 16 heavy (non-hydrogen) atoms. The van der Waals surface area contributed by atoms with E-state index in [0.29, 0.717) is 12.5 Å². The van der Waals surface area contributed by atoms with Crippen LogP contribution in [-0.2, 0) is 0 Å². The van der Waals surface area contributed by atoms with E-state index in [1.54, 1.807) is 0 Å². The minimum Gasteiger partial charge on any atom is -0.395 e. The number of aliphatic hydroxyl groups is 1. The average Bonchev–Trinajstić information content (AvgIpc) is 2.31. The van der Waals surface area contributed by atoms with Gasteiger partial charge < -0.3 is 10.0 Å². The third-order valence-electron chi connectivity index (χ3n) is 2.88. The van der Waals surface area contributed by atoms with Crippen LogP contribution < -0.4 is 4.90 Å². The molecule has 1 fully saturated rings. The molecule has 0 amide bonds. The maximum Gasteiger partial charge on any atom is 0.225 e. The van der Waals surface area contributed by atoms with Crippen LogP contribution in [0.4, 0.5) is 10.3 Å². The lowest BCUT2D eigenvalue weighted by atomic mass is 10.2. The Morgan fingerprint density at radius 1 is 1.44 bits per heavy atom. The van der Waals surface area contributed by atoms with Crippen LogP contribution in [0.15, 0.2) is 12.4 Å². The molecule has 0 saturated carbocycles. The zero-order valence-electron chi connectivity index (χ0n) is 9.17. The predicted octanol–water partition coefficient (Wildman–Crippen LogP) is -0.272. The van der Waals surface area contributed by atoms with E-state index >= 15 is 0 Å². The zero-order chi connectivity index (χ0) is 11.5. The van der Waals surface area contributed by atoms with Crippen LogP contribution in [0.3, 0.4) is 0 Å². The molecule has 88 valence electrons. The van der Waals surface area contributed by atoms with Crippen LogP contribution in [0.5, 0.6) is 0 Å². The van der Waals surface area contributed by atoms with E-state index in [-0.39, 0.29) is 12.6 Å². The van der Waals surface area contributed by atoms with Crippen LogP contribution in [0.1, 0.15) is 0 Å². The van der Waals surface area contributed by atoms with Crippen molar-refractivity contribution in [3.63, 3.8) is 0 Å². The van der Waals surface area contributed by atoms with Gasteiger partial charge in [0, 0.05) is 19.6 Å². The van der Waals surface area contributed by atoms with Crippen molar-refractivity contribution in [1.29, 1.82) is 0 Å². The highest BCUT2D eigenvalue weighted by molar-refractivity contribution is 5.30. The van der Waals surface area contributed by atoms with Crippen molar-refractivity contribution in [2.45, 2.75) is 6.04 Å². The predicted molar refractivity (Wildman–Crippen MR) is 57.7 cm³/mol. The number of anilines is 1. The minimum absolute atomic E-state index is 0.0856. The van der Waals surface area contributed by atoms with E-state index in [9.17, 15) is 9.50 Å². The van der Waals surface area contributed by atoms with Gasteiger partial charge in [-0.3, -0.25) is 4.90 Å². The number of likely N-dealkylation sites (N-methyl/N-ethyl adjacent to an activating group) is 1. The molecule has 0 aliphatic carbocycles. The first kappa shape index (κ1) is 11.2. The summed E-state index contributed by atoms with van der Waals surface area (Å²) in [4.78, 5) is 11.9. The molecule has 0 radical (unpaired) electrons. The molecule has 0 bridgehead atoms. The first-order chi connectivity index (χ1) is 7.70. The molecule has 1 N–H and O–H groups in total. The molecule has 1 aromatic rings. The maximum atomic E-state index is 12.7. The van der Waals surface area contributed by atoms with E-state index in [2.05, 4.69) is 14.9 Å². The van der Waals surface area contributed by atoms with Crippen LogP contribution in [0.25, 0.3) is 0 Å². The monoisotopic (exact) mass is 226 g/mol. The number of nitrogens with zero attached hydrogens (tertiary/aromatic N) is 4. The number of rotatable bonds is 2. The topological polar surface area (TPSA) is 52.5 Å². The highest BCUT2D eigenvalue weighted by atomic mass is 19.1. The lowest BCUT2D eigenvalue weighted by Gasteiger charge is -2.38. The number of halogens is 1. The van der Waals surface area contributed by atoms with Crippen molar-refractivity contribution in [3.8, 4) is 0 Å². The van der Waals surface area contributed by atoms with Crippen molar-refractivity contribution in [2.24, 2.45) is 0 Å². The van der Waals surface area contributed by atoms with Gasteiger partial charge in [0.15, 0.2) is 5.82 Å². The Labute approximate surface area is 93.5 Å². The summed E-state index contributed by atoms with van der Waals surface area (Å²) in [7, 11) is 1.98. The second-order valence-corrected chi connectivity index (χ2v) is 3.96. The molecular weight excluding hydrogens is 211 g/mol. The fourth-order valence-corrected chi connectivity index (χ4v) is 1.79. The molecule has 1 saturated heterocycles. The van der Waals surface area contributed by atoms with Crippen LogP contribution in [-0.4, -0.2) is 59.3 Å². The van der Waals surface area contributed by atoms with Gasteiger partial charge in [-0.25, -0.2) is 14.4 Å². The van der Waals surface area contributed by atoms with Crippen molar-refractivity contribution in [1.82, 2.24) is 14.9 Å². The van der Waals surface area contributed by atoms with Crippen LogP contribution in [0.2, 0.25) is 0 Å². The zero-order valence-corrected chi connectivity index (χ0v) is 9.17. The van der Waals surface area contributed by atoms with Gasteiger partial charge in [0.25, 0.3) is 0 Å². The van der Waals surface area contributed by atoms with Crippen molar-refractivity contribution in [3.05, 3.63) is 18.2 Å². The van der Waals surface area contributed by atoms with Gasteiger partial charge in [-0.15, -0.1) is 0 Å². The quantitative estimate of drug-likeness (QED) is 0.752. The van der Waals surface area contributed by atoms with Crippen molar-refractivity contribution in [2.75, 3.05) is 38.2 Å². The Kier molecular flexibility index (Phi) is 3.31. The molecule has 1 aromatic heterocycles. The molecule has 0 aromatic carbocycles. The Morgan fingerprint density at radius 3 is 2.75 bits per heavy atom. The van der Waals surface area contributed by atoms with Gasteiger partial charge in [-0.1, -0.05) is 0 Å². The molecule has 1 aliphatic heterocycles. The van der Waals surface area contributed by atoms with E-state index < -0.39 is 5.82 Å². The summed E-state index contributed by atoms with van der Waals surface area (Å²) in [5, 5.41) is 9.20.